The van der Waals surface area contributed by atoms with Crippen molar-refractivity contribution in [2.75, 3.05) is 0 Å². The van der Waals surface area contributed by atoms with E-state index in [1.54, 1.807) is 0 Å². The first-order valence-corrected chi connectivity index (χ1v) is 7.82. The van der Waals surface area contributed by atoms with E-state index in [0.29, 0.717) is 0 Å². The molecule has 0 aliphatic heterocycles. The molecule has 3 nitrogen and oxygen atoms in total. The highest BCUT2D eigenvalue weighted by Gasteiger charge is 2.16. The third-order valence-corrected chi connectivity index (χ3v) is 4.46. The van der Waals surface area contributed by atoms with E-state index >= 15 is 0 Å². The fraction of sp³-hybridized carbons (Fsp3) is 0.471. The van der Waals surface area contributed by atoms with Gasteiger partial charge in [-0.05, 0) is 43.4 Å². The molecule has 0 aliphatic carbocycles. The third-order valence-electron chi connectivity index (χ3n) is 4.03. The van der Waals surface area contributed by atoms with E-state index in [9.17, 15) is 0 Å². The molecule has 1 unspecified atom stereocenters. The van der Waals surface area contributed by atoms with Crippen molar-refractivity contribution in [3.8, 4) is 0 Å². The maximum atomic E-state index is 6.38. The van der Waals surface area contributed by atoms with E-state index in [4.69, 9.17) is 17.3 Å². The molecule has 21 heavy (non-hydrogen) atoms. The summed E-state index contributed by atoms with van der Waals surface area (Å²) in [4.78, 5) is 0. The summed E-state index contributed by atoms with van der Waals surface area (Å²) in [5.74, 6) is 0. The molecule has 4 heteroatoms. The zero-order valence-corrected chi connectivity index (χ0v) is 14.0. The molecule has 0 fully saturated rings. The van der Waals surface area contributed by atoms with Gasteiger partial charge in [0.25, 0.3) is 0 Å². The second-order valence-corrected chi connectivity index (χ2v) is 6.15. The summed E-state index contributed by atoms with van der Waals surface area (Å²) in [6, 6.07) is 6.58. The predicted octanol–water partition coefficient (Wildman–Crippen LogP) is 3.37. The van der Waals surface area contributed by atoms with Crippen LogP contribution in [0.4, 0.5) is 0 Å². The van der Waals surface area contributed by atoms with Gasteiger partial charge in [-0.15, -0.1) is 0 Å². The van der Waals surface area contributed by atoms with E-state index < -0.39 is 0 Å². The molecular weight excluding hydrogens is 282 g/mol. The Kier molecular flexibility index (Phi) is 5.07. The Hall–Kier alpha value is -1.32. The minimum absolute atomic E-state index is 0.0460. The number of rotatable bonds is 5. The van der Waals surface area contributed by atoms with Crippen molar-refractivity contribution < 1.29 is 0 Å². The van der Waals surface area contributed by atoms with Crippen LogP contribution in [0.2, 0.25) is 5.02 Å². The van der Waals surface area contributed by atoms with Gasteiger partial charge in [-0.1, -0.05) is 36.7 Å². The largest absolute Gasteiger partial charge is 0.327 e. The van der Waals surface area contributed by atoms with E-state index in [2.05, 4.69) is 44.1 Å². The van der Waals surface area contributed by atoms with Gasteiger partial charge in [0.1, 0.15) is 0 Å². The molecule has 1 atom stereocenters. The molecule has 1 aromatic carbocycles. The van der Waals surface area contributed by atoms with E-state index in [1.807, 2.05) is 11.7 Å². The lowest BCUT2D eigenvalue weighted by atomic mass is 9.99. The number of benzene rings is 1. The number of hydrogen-bond acceptors (Lipinski definition) is 2. The molecule has 0 saturated heterocycles. The summed E-state index contributed by atoms with van der Waals surface area (Å²) in [7, 11) is 1.93. The monoisotopic (exact) mass is 305 g/mol. The quantitative estimate of drug-likeness (QED) is 0.920. The first kappa shape index (κ1) is 16.1. The van der Waals surface area contributed by atoms with E-state index in [1.165, 1.54) is 16.7 Å². The van der Waals surface area contributed by atoms with Gasteiger partial charge in [-0.3, -0.25) is 4.68 Å². The van der Waals surface area contributed by atoms with E-state index in [0.717, 1.165) is 35.7 Å². The third kappa shape index (κ3) is 3.66. The number of nitrogens with zero attached hydrogens (tertiary/aromatic N) is 2. The smallest absolute Gasteiger partial charge is 0.0850 e. The lowest BCUT2D eigenvalue weighted by Gasteiger charge is -2.13. The molecule has 0 amide bonds. The lowest BCUT2D eigenvalue weighted by molar-refractivity contribution is 0.611. The van der Waals surface area contributed by atoms with E-state index in [-0.39, 0.29) is 6.04 Å². The molecule has 0 bridgehead atoms. The fourth-order valence-corrected chi connectivity index (χ4v) is 2.97. The maximum absolute atomic E-state index is 6.38. The molecule has 114 valence electrons. The van der Waals surface area contributed by atoms with Crippen LogP contribution in [0, 0.1) is 13.8 Å². The molecule has 1 heterocycles. The van der Waals surface area contributed by atoms with Gasteiger partial charge in [0, 0.05) is 19.5 Å². The van der Waals surface area contributed by atoms with Gasteiger partial charge in [-0.25, -0.2) is 0 Å². The second kappa shape index (κ2) is 6.63. The fourth-order valence-electron chi connectivity index (χ4n) is 2.60. The second-order valence-electron chi connectivity index (χ2n) is 5.77. The summed E-state index contributed by atoms with van der Waals surface area (Å²) < 4.78 is 1.86. The highest BCUT2D eigenvalue weighted by Crippen LogP contribution is 2.22. The molecule has 1 aromatic heterocycles. The number of aromatic nitrogens is 2. The molecular formula is C17H24ClN3. The average molecular weight is 306 g/mol. The van der Waals surface area contributed by atoms with Crippen LogP contribution in [-0.4, -0.2) is 15.8 Å². The molecule has 2 rings (SSSR count). The van der Waals surface area contributed by atoms with Crippen LogP contribution >= 0.6 is 11.6 Å². The van der Waals surface area contributed by atoms with Crippen molar-refractivity contribution in [1.82, 2.24) is 9.78 Å². The van der Waals surface area contributed by atoms with Crippen molar-refractivity contribution in [2.45, 2.75) is 46.1 Å². The van der Waals surface area contributed by atoms with Crippen molar-refractivity contribution in [1.29, 1.82) is 0 Å². The number of aryl methyl sites for hydroxylation is 4. The summed E-state index contributed by atoms with van der Waals surface area (Å²) in [6.45, 7) is 6.32. The predicted molar refractivity (Wildman–Crippen MR) is 88.9 cm³/mol. The molecule has 0 saturated carbocycles. The highest BCUT2D eigenvalue weighted by molar-refractivity contribution is 6.31. The van der Waals surface area contributed by atoms with Gasteiger partial charge in [0.2, 0.25) is 0 Å². The summed E-state index contributed by atoms with van der Waals surface area (Å²) >= 11 is 6.38. The van der Waals surface area contributed by atoms with Crippen LogP contribution < -0.4 is 5.73 Å². The Morgan fingerprint density at radius 1 is 1.24 bits per heavy atom. The van der Waals surface area contributed by atoms with Crippen molar-refractivity contribution >= 4 is 11.6 Å². The molecule has 0 aliphatic rings. The van der Waals surface area contributed by atoms with Gasteiger partial charge in [0.15, 0.2) is 0 Å². The Labute approximate surface area is 132 Å². The minimum atomic E-state index is 0.0460. The van der Waals surface area contributed by atoms with Crippen LogP contribution in [0.1, 0.15) is 35.0 Å². The molecule has 0 spiro atoms. The van der Waals surface area contributed by atoms with Crippen molar-refractivity contribution in [3.05, 3.63) is 51.3 Å². The maximum Gasteiger partial charge on any atom is 0.0850 e. The summed E-state index contributed by atoms with van der Waals surface area (Å²) in [5, 5.41) is 5.22. The van der Waals surface area contributed by atoms with Crippen LogP contribution in [0.3, 0.4) is 0 Å². The van der Waals surface area contributed by atoms with Gasteiger partial charge < -0.3 is 5.73 Å². The molecule has 2 N–H and O–H groups in total. The number of halogens is 1. The first-order valence-electron chi connectivity index (χ1n) is 7.44. The van der Waals surface area contributed by atoms with Crippen LogP contribution in [0.15, 0.2) is 18.2 Å². The summed E-state index contributed by atoms with van der Waals surface area (Å²) in [6.07, 6.45) is 2.44. The van der Waals surface area contributed by atoms with Crippen molar-refractivity contribution in [3.63, 3.8) is 0 Å². The topological polar surface area (TPSA) is 43.8 Å². The number of hydrogen-bond donors (Lipinski definition) is 1. The normalized spacial score (nSPS) is 12.7. The van der Waals surface area contributed by atoms with Crippen molar-refractivity contribution in [2.24, 2.45) is 12.8 Å². The Balaban J connectivity index is 2.09. The molecule has 2 aromatic rings. The minimum Gasteiger partial charge on any atom is -0.327 e. The Bertz CT molecular complexity index is 631. The van der Waals surface area contributed by atoms with Gasteiger partial charge >= 0.3 is 0 Å². The van der Waals surface area contributed by atoms with Gasteiger partial charge in [0.05, 0.1) is 16.4 Å². The SMILES string of the molecule is CCc1nn(C)c(CC(N)Cc2ccc(C)c(C)c2)c1Cl. The zero-order valence-electron chi connectivity index (χ0n) is 13.3. The number of nitrogens with two attached hydrogens (primary N) is 1. The van der Waals surface area contributed by atoms with Crippen LogP contribution in [0.25, 0.3) is 0 Å². The molecule has 0 radical (unpaired) electrons. The zero-order chi connectivity index (χ0) is 15.6. The Morgan fingerprint density at radius 3 is 2.52 bits per heavy atom. The first-order chi connectivity index (χ1) is 9.92. The van der Waals surface area contributed by atoms with Crippen LogP contribution in [-0.2, 0) is 26.3 Å². The van der Waals surface area contributed by atoms with Gasteiger partial charge in [-0.2, -0.15) is 5.10 Å². The average Bonchev–Trinajstić information content (AvgIpc) is 2.70. The Morgan fingerprint density at radius 2 is 1.95 bits per heavy atom. The highest BCUT2D eigenvalue weighted by atomic mass is 35.5. The summed E-state index contributed by atoms with van der Waals surface area (Å²) in [5.41, 5.74) is 12.2. The standard InChI is InChI=1S/C17H24ClN3/c1-5-15-17(18)16(21(4)20-15)10-14(19)9-13-7-6-11(2)12(3)8-13/h6-8,14H,5,9-10,19H2,1-4H3. The van der Waals surface area contributed by atoms with Crippen LogP contribution in [0.5, 0.6) is 0 Å². The lowest BCUT2D eigenvalue weighted by Crippen LogP contribution is -2.26.